The summed E-state index contributed by atoms with van der Waals surface area (Å²) in [5, 5.41) is 2.93. The maximum absolute atomic E-state index is 12.7. The van der Waals surface area contributed by atoms with Crippen molar-refractivity contribution in [2.24, 2.45) is 5.92 Å². The van der Waals surface area contributed by atoms with Crippen molar-refractivity contribution in [1.29, 1.82) is 0 Å². The van der Waals surface area contributed by atoms with Gasteiger partial charge in [-0.2, -0.15) is 4.31 Å². The number of amides is 1. The van der Waals surface area contributed by atoms with Crippen molar-refractivity contribution in [2.75, 3.05) is 33.4 Å². The van der Waals surface area contributed by atoms with Crippen LogP contribution in [0.3, 0.4) is 0 Å². The molecule has 0 aromatic heterocycles. The second-order valence-electron chi connectivity index (χ2n) is 8.00. The molecule has 0 unspecified atom stereocenters. The van der Waals surface area contributed by atoms with Crippen LogP contribution in [0, 0.1) is 5.92 Å². The largest absolute Gasteiger partial charge is 0.493 e. The Kier molecular flexibility index (Phi) is 8.91. The first-order valence-electron chi connectivity index (χ1n) is 11.3. The van der Waals surface area contributed by atoms with Gasteiger partial charge >= 0.3 is 0 Å². The zero-order valence-corrected chi connectivity index (χ0v) is 20.0. The van der Waals surface area contributed by atoms with E-state index in [0.717, 1.165) is 12.0 Å². The van der Waals surface area contributed by atoms with Crippen LogP contribution in [0.25, 0.3) is 6.08 Å². The van der Waals surface area contributed by atoms with E-state index in [1.165, 1.54) is 10.4 Å². The molecule has 1 N–H and O–H groups in total. The predicted octanol–water partition coefficient (Wildman–Crippen LogP) is 3.71. The van der Waals surface area contributed by atoms with Gasteiger partial charge in [-0.1, -0.05) is 31.2 Å². The van der Waals surface area contributed by atoms with Crippen molar-refractivity contribution < 1.29 is 22.7 Å². The second kappa shape index (κ2) is 11.9. The molecule has 1 fully saturated rings. The molecule has 0 atom stereocenters. The van der Waals surface area contributed by atoms with Crippen molar-refractivity contribution in [1.82, 2.24) is 9.62 Å². The maximum Gasteiger partial charge on any atom is 0.244 e. The summed E-state index contributed by atoms with van der Waals surface area (Å²) in [7, 11) is -1.87. The molecule has 1 heterocycles. The van der Waals surface area contributed by atoms with Crippen LogP contribution in [-0.4, -0.2) is 52.0 Å². The zero-order valence-electron chi connectivity index (χ0n) is 19.2. The summed E-state index contributed by atoms with van der Waals surface area (Å²) in [5.74, 6) is 1.38. The number of benzene rings is 2. The lowest BCUT2D eigenvalue weighted by molar-refractivity contribution is -0.116. The summed E-state index contributed by atoms with van der Waals surface area (Å²) in [6.07, 6.45) is 5.57. The number of nitrogens with zero attached hydrogens (tertiary/aromatic N) is 1. The third-order valence-corrected chi connectivity index (χ3v) is 7.51. The second-order valence-corrected chi connectivity index (χ2v) is 9.94. The highest BCUT2D eigenvalue weighted by molar-refractivity contribution is 7.89. The Balaban J connectivity index is 1.47. The summed E-state index contributed by atoms with van der Waals surface area (Å²) < 4.78 is 38.0. The monoisotopic (exact) mass is 472 g/mol. The van der Waals surface area contributed by atoms with Crippen molar-refractivity contribution >= 4 is 22.0 Å². The highest BCUT2D eigenvalue weighted by Gasteiger charge is 2.29. The normalized spacial score (nSPS) is 15.5. The smallest absolute Gasteiger partial charge is 0.244 e. The van der Waals surface area contributed by atoms with E-state index in [1.807, 2.05) is 25.1 Å². The molecule has 0 radical (unpaired) electrons. The predicted molar refractivity (Wildman–Crippen MR) is 129 cm³/mol. The standard InChI is InChI=1S/C25H32N2O5S/c1-3-17-32-23-11-9-20(18-24(23)31-2)10-12-25(28)26-19-21-13-15-27(16-14-21)33(29,30)22-7-5-4-6-8-22/h4-12,18,21H,3,13-17,19H2,1-2H3,(H,26,28)/b12-10+. The average molecular weight is 473 g/mol. The molecule has 178 valence electrons. The number of hydrogen-bond donors (Lipinski definition) is 1. The van der Waals surface area contributed by atoms with Gasteiger partial charge in [0.05, 0.1) is 18.6 Å². The van der Waals surface area contributed by atoms with Crippen LogP contribution in [0.2, 0.25) is 0 Å². The number of methoxy groups -OCH3 is 1. The number of carbonyl (C=O) groups is 1. The van der Waals surface area contributed by atoms with Gasteiger partial charge in [-0.15, -0.1) is 0 Å². The van der Waals surface area contributed by atoms with Crippen molar-refractivity contribution in [3.05, 3.63) is 60.2 Å². The third kappa shape index (κ3) is 6.82. The van der Waals surface area contributed by atoms with Gasteiger partial charge in [0, 0.05) is 25.7 Å². The Labute approximate surface area is 196 Å². The molecule has 1 aliphatic heterocycles. The maximum atomic E-state index is 12.7. The summed E-state index contributed by atoms with van der Waals surface area (Å²) in [6.45, 7) is 4.10. The fourth-order valence-corrected chi connectivity index (χ4v) is 5.18. The molecule has 0 bridgehead atoms. The summed E-state index contributed by atoms with van der Waals surface area (Å²) in [5.41, 5.74) is 0.838. The number of nitrogens with one attached hydrogen (secondary N) is 1. The van der Waals surface area contributed by atoms with Crippen LogP contribution in [0.5, 0.6) is 11.5 Å². The Bertz CT molecular complexity index is 1050. The Morgan fingerprint density at radius 2 is 1.85 bits per heavy atom. The lowest BCUT2D eigenvalue weighted by Gasteiger charge is -2.31. The molecule has 2 aromatic carbocycles. The quantitative estimate of drug-likeness (QED) is 0.533. The van der Waals surface area contributed by atoms with Gasteiger partial charge in [0.2, 0.25) is 15.9 Å². The number of hydrogen-bond acceptors (Lipinski definition) is 5. The van der Waals surface area contributed by atoms with E-state index in [-0.39, 0.29) is 11.8 Å². The third-order valence-electron chi connectivity index (χ3n) is 5.60. The van der Waals surface area contributed by atoms with Crippen LogP contribution in [0.15, 0.2) is 59.5 Å². The average Bonchev–Trinajstić information content (AvgIpc) is 2.85. The molecular formula is C25H32N2O5S. The minimum Gasteiger partial charge on any atom is -0.493 e. The van der Waals surface area contributed by atoms with Gasteiger partial charge < -0.3 is 14.8 Å². The molecule has 0 spiro atoms. The molecule has 1 saturated heterocycles. The number of piperidine rings is 1. The van der Waals surface area contributed by atoms with Gasteiger partial charge in [0.15, 0.2) is 11.5 Å². The van der Waals surface area contributed by atoms with Gasteiger partial charge in [-0.05, 0) is 61.1 Å². The molecule has 0 aliphatic carbocycles. The SMILES string of the molecule is CCCOc1ccc(/C=C/C(=O)NCC2CCN(S(=O)(=O)c3ccccc3)CC2)cc1OC. The molecule has 0 saturated carbocycles. The van der Waals surface area contributed by atoms with Gasteiger partial charge in [0.25, 0.3) is 0 Å². The molecule has 8 heteroatoms. The minimum absolute atomic E-state index is 0.181. The first-order chi connectivity index (χ1) is 15.9. The van der Waals surface area contributed by atoms with Gasteiger partial charge in [0.1, 0.15) is 0 Å². The summed E-state index contributed by atoms with van der Waals surface area (Å²) in [6, 6.07) is 14.0. The number of rotatable bonds is 10. The fraction of sp³-hybridized carbons (Fsp3) is 0.400. The minimum atomic E-state index is -3.45. The number of ether oxygens (including phenoxy) is 2. The number of carbonyl (C=O) groups excluding carboxylic acids is 1. The van der Waals surface area contributed by atoms with Crippen molar-refractivity contribution in [2.45, 2.75) is 31.1 Å². The van der Waals surface area contributed by atoms with E-state index < -0.39 is 10.0 Å². The Morgan fingerprint density at radius 3 is 2.52 bits per heavy atom. The highest BCUT2D eigenvalue weighted by Crippen LogP contribution is 2.28. The van der Waals surface area contributed by atoms with E-state index in [0.29, 0.717) is 55.5 Å². The molecule has 33 heavy (non-hydrogen) atoms. The van der Waals surface area contributed by atoms with Gasteiger partial charge in [-0.25, -0.2) is 8.42 Å². The summed E-state index contributed by atoms with van der Waals surface area (Å²) in [4.78, 5) is 12.6. The number of sulfonamides is 1. The first-order valence-corrected chi connectivity index (χ1v) is 12.7. The molecule has 7 nitrogen and oxygen atoms in total. The molecule has 1 amide bonds. The first kappa shape index (κ1) is 24.8. The fourth-order valence-electron chi connectivity index (χ4n) is 3.69. The van der Waals surface area contributed by atoms with E-state index in [4.69, 9.17) is 9.47 Å². The van der Waals surface area contributed by atoms with Crippen LogP contribution >= 0.6 is 0 Å². The zero-order chi connectivity index (χ0) is 23.7. The van der Waals surface area contributed by atoms with E-state index in [1.54, 1.807) is 43.5 Å². The lowest BCUT2D eigenvalue weighted by atomic mass is 9.98. The van der Waals surface area contributed by atoms with E-state index in [2.05, 4.69) is 5.32 Å². The van der Waals surface area contributed by atoms with Gasteiger partial charge in [-0.3, -0.25) is 4.79 Å². The molecule has 3 rings (SSSR count). The topological polar surface area (TPSA) is 84.9 Å². The molecular weight excluding hydrogens is 440 g/mol. The summed E-state index contributed by atoms with van der Waals surface area (Å²) >= 11 is 0. The van der Waals surface area contributed by atoms with Crippen LogP contribution in [-0.2, 0) is 14.8 Å². The van der Waals surface area contributed by atoms with Crippen molar-refractivity contribution in [3.63, 3.8) is 0 Å². The van der Waals surface area contributed by atoms with Crippen LogP contribution < -0.4 is 14.8 Å². The lowest BCUT2D eigenvalue weighted by Crippen LogP contribution is -2.41. The molecule has 1 aliphatic rings. The van der Waals surface area contributed by atoms with Crippen LogP contribution in [0.4, 0.5) is 0 Å². The van der Waals surface area contributed by atoms with Crippen molar-refractivity contribution in [3.8, 4) is 11.5 Å². The Hall–Kier alpha value is -2.84. The van der Waals surface area contributed by atoms with Crippen LogP contribution in [0.1, 0.15) is 31.7 Å². The van der Waals surface area contributed by atoms with E-state index >= 15 is 0 Å². The molecule has 2 aromatic rings. The highest BCUT2D eigenvalue weighted by atomic mass is 32.2. The van der Waals surface area contributed by atoms with E-state index in [9.17, 15) is 13.2 Å². The Morgan fingerprint density at radius 1 is 1.12 bits per heavy atom.